The first-order valence-corrected chi connectivity index (χ1v) is 10.5. The van der Waals surface area contributed by atoms with Crippen molar-refractivity contribution in [3.63, 3.8) is 0 Å². The van der Waals surface area contributed by atoms with E-state index >= 15 is 4.39 Å². The number of alkyl halides is 3. The minimum absolute atomic E-state index is 0.0465. The quantitative estimate of drug-likeness (QED) is 0.630. The fraction of sp³-hybridized carbons (Fsp3) is 0.545. The number of halogens is 4. The van der Waals surface area contributed by atoms with Crippen LogP contribution in [0.3, 0.4) is 0 Å². The number of nitrogens with zero attached hydrogens (tertiary/aromatic N) is 3. The number of nitrogens with one attached hydrogen (secondary N) is 1. The SMILES string of the molecule is CCC1=C2c3c(ccc(C(F)(F)F)c3F)N=C(C(C)C3CCC(NC)C3)N2N=CC1. The lowest BCUT2D eigenvalue weighted by molar-refractivity contribution is -0.140. The Morgan fingerprint density at radius 1 is 1.27 bits per heavy atom. The van der Waals surface area contributed by atoms with Gasteiger partial charge < -0.3 is 5.32 Å². The number of fused-ring (bicyclic) bond motifs is 3. The van der Waals surface area contributed by atoms with E-state index in [9.17, 15) is 13.2 Å². The first kappa shape index (κ1) is 21.0. The second-order valence-corrected chi connectivity index (χ2v) is 8.26. The molecule has 0 saturated heterocycles. The highest BCUT2D eigenvalue weighted by Gasteiger charge is 2.41. The van der Waals surface area contributed by atoms with Gasteiger partial charge in [-0.2, -0.15) is 18.3 Å². The van der Waals surface area contributed by atoms with Crippen molar-refractivity contribution in [2.75, 3.05) is 7.05 Å². The molecule has 30 heavy (non-hydrogen) atoms. The Kier molecular flexibility index (Phi) is 5.46. The third-order valence-corrected chi connectivity index (χ3v) is 6.62. The fourth-order valence-electron chi connectivity index (χ4n) is 4.82. The molecule has 2 aliphatic heterocycles. The number of rotatable bonds is 4. The van der Waals surface area contributed by atoms with Crippen molar-refractivity contribution in [1.82, 2.24) is 10.3 Å². The van der Waals surface area contributed by atoms with Crippen LogP contribution in [0.4, 0.5) is 23.2 Å². The molecule has 0 spiro atoms. The molecule has 0 aromatic heterocycles. The van der Waals surface area contributed by atoms with Gasteiger partial charge in [0, 0.05) is 24.6 Å². The number of allylic oxidation sites excluding steroid dienone is 1. The fourth-order valence-corrected chi connectivity index (χ4v) is 4.82. The van der Waals surface area contributed by atoms with E-state index in [-0.39, 0.29) is 17.2 Å². The summed E-state index contributed by atoms with van der Waals surface area (Å²) in [5.41, 5.74) is 0.189. The Bertz CT molecular complexity index is 932. The molecule has 3 aliphatic rings. The van der Waals surface area contributed by atoms with Crippen LogP contribution in [0.2, 0.25) is 0 Å². The zero-order valence-corrected chi connectivity index (χ0v) is 17.4. The van der Waals surface area contributed by atoms with Crippen molar-refractivity contribution >= 4 is 23.4 Å². The van der Waals surface area contributed by atoms with Gasteiger partial charge in [-0.15, -0.1) is 0 Å². The van der Waals surface area contributed by atoms with E-state index in [1.165, 1.54) is 6.07 Å². The Morgan fingerprint density at radius 3 is 2.67 bits per heavy atom. The molecule has 1 aromatic carbocycles. The number of amidine groups is 1. The van der Waals surface area contributed by atoms with E-state index in [2.05, 4.69) is 22.3 Å². The summed E-state index contributed by atoms with van der Waals surface area (Å²) in [6, 6.07) is 2.53. The number of aliphatic imine (C=N–C) groups is 1. The van der Waals surface area contributed by atoms with Crippen molar-refractivity contribution in [3.8, 4) is 0 Å². The second-order valence-electron chi connectivity index (χ2n) is 8.26. The van der Waals surface area contributed by atoms with Crippen LogP contribution in [0.5, 0.6) is 0 Å². The van der Waals surface area contributed by atoms with Gasteiger partial charge in [0.1, 0.15) is 11.7 Å². The average Bonchev–Trinajstić information content (AvgIpc) is 3.20. The van der Waals surface area contributed by atoms with Crippen molar-refractivity contribution < 1.29 is 17.6 Å². The van der Waals surface area contributed by atoms with Gasteiger partial charge in [-0.25, -0.2) is 14.4 Å². The van der Waals surface area contributed by atoms with Crippen LogP contribution >= 0.6 is 0 Å². The first-order valence-electron chi connectivity index (χ1n) is 10.5. The summed E-state index contributed by atoms with van der Waals surface area (Å²) in [6.07, 6.45) is 1.17. The lowest BCUT2D eigenvalue weighted by Crippen LogP contribution is -2.37. The van der Waals surface area contributed by atoms with Gasteiger partial charge in [-0.3, -0.25) is 0 Å². The maximum Gasteiger partial charge on any atom is 0.419 e. The molecule has 4 rings (SSSR count). The molecule has 0 bridgehead atoms. The van der Waals surface area contributed by atoms with Crippen molar-refractivity contribution in [2.45, 2.75) is 58.2 Å². The molecule has 8 heteroatoms. The maximum absolute atomic E-state index is 15.1. The molecule has 3 atom stereocenters. The average molecular weight is 422 g/mol. The van der Waals surface area contributed by atoms with E-state index in [1.807, 2.05) is 14.0 Å². The molecule has 1 fully saturated rings. The zero-order chi connectivity index (χ0) is 21.6. The van der Waals surface area contributed by atoms with Crippen LogP contribution in [0.15, 0.2) is 27.8 Å². The normalized spacial score (nSPS) is 24.6. The van der Waals surface area contributed by atoms with Gasteiger partial charge in [-0.1, -0.05) is 13.8 Å². The van der Waals surface area contributed by atoms with Crippen LogP contribution in [-0.2, 0) is 6.18 Å². The smallest absolute Gasteiger partial charge is 0.317 e. The topological polar surface area (TPSA) is 40.0 Å². The highest BCUT2D eigenvalue weighted by atomic mass is 19.4. The van der Waals surface area contributed by atoms with E-state index in [1.54, 1.807) is 11.2 Å². The minimum Gasteiger partial charge on any atom is -0.317 e. The molecule has 0 amide bonds. The van der Waals surface area contributed by atoms with E-state index in [4.69, 9.17) is 0 Å². The van der Waals surface area contributed by atoms with Gasteiger partial charge in [0.25, 0.3) is 0 Å². The zero-order valence-electron chi connectivity index (χ0n) is 17.4. The van der Waals surface area contributed by atoms with Crippen molar-refractivity contribution in [2.24, 2.45) is 21.9 Å². The van der Waals surface area contributed by atoms with Gasteiger partial charge in [-0.05, 0) is 56.4 Å². The summed E-state index contributed by atoms with van der Waals surface area (Å²) in [4.78, 5) is 4.64. The van der Waals surface area contributed by atoms with Crippen LogP contribution < -0.4 is 5.32 Å². The molecule has 4 nitrogen and oxygen atoms in total. The Hall–Kier alpha value is -2.22. The van der Waals surface area contributed by atoms with Gasteiger partial charge in [0.2, 0.25) is 0 Å². The largest absolute Gasteiger partial charge is 0.419 e. The summed E-state index contributed by atoms with van der Waals surface area (Å²) >= 11 is 0. The molecular weight excluding hydrogens is 396 g/mol. The molecule has 1 N–H and O–H groups in total. The molecule has 1 aromatic rings. The van der Waals surface area contributed by atoms with Crippen LogP contribution in [-0.4, -0.2) is 30.1 Å². The number of benzene rings is 1. The standard InChI is InChI=1S/C22H26F4N4/c1-4-13-9-10-28-30-20(13)18-17(8-7-16(19(18)23)22(24,25)26)29-21(30)12(2)14-5-6-15(11-14)27-3/h7-8,10,12,14-15,27H,4-6,9,11H2,1-3H3. The Balaban J connectivity index is 1.85. The summed E-state index contributed by atoms with van der Waals surface area (Å²) in [5.74, 6) is -0.161. The van der Waals surface area contributed by atoms with E-state index in [0.717, 1.165) is 30.9 Å². The van der Waals surface area contributed by atoms with Crippen molar-refractivity contribution in [1.29, 1.82) is 0 Å². The highest BCUT2D eigenvalue weighted by Crippen LogP contribution is 2.46. The van der Waals surface area contributed by atoms with Crippen LogP contribution in [0.25, 0.3) is 5.70 Å². The lowest BCUT2D eigenvalue weighted by Gasteiger charge is -2.37. The number of hydrogen-bond acceptors (Lipinski definition) is 4. The summed E-state index contributed by atoms with van der Waals surface area (Å²) in [5, 5.41) is 9.36. The molecule has 1 aliphatic carbocycles. The summed E-state index contributed by atoms with van der Waals surface area (Å²) < 4.78 is 55.2. The summed E-state index contributed by atoms with van der Waals surface area (Å²) in [7, 11) is 1.95. The summed E-state index contributed by atoms with van der Waals surface area (Å²) in [6.45, 7) is 4.01. The second kappa shape index (κ2) is 7.80. The maximum atomic E-state index is 15.1. The van der Waals surface area contributed by atoms with E-state index in [0.29, 0.717) is 36.3 Å². The third-order valence-electron chi connectivity index (χ3n) is 6.62. The predicted molar refractivity (Wildman–Crippen MR) is 110 cm³/mol. The van der Waals surface area contributed by atoms with Crippen LogP contribution in [0, 0.1) is 17.7 Å². The van der Waals surface area contributed by atoms with Gasteiger partial charge >= 0.3 is 6.18 Å². The molecule has 162 valence electrons. The van der Waals surface area contributed by atoms with Gasteiger partial charge in [0.05, 0.1) is 22.5 Å². The monoisotopic (exact) mass is 422 g/mol. The minimum atomic E-state index is -4.77. The Labute approximate surface area is 173 Å². The number of hydrogen-bond donors (Lipinski definition) is 1. The highest BCUT2D eigenvalue weighted by molar-refractivity contribution is 6.01. The van der Waals surface area contributed by atoms with Crippen molar-refractivity contribution in [3.05, 3.63) is 34.6 Å². The predicted octanol–water partition coefficient (Wildman–Crippen LogP) is 5.72. The lowest BCUT2D eigenvalue weighted by atomic mass is 9.88. The molecule has 3 unspecified atom stereocenters. The molecule has 0 radical (unpaired) electrons. The molecular formula is C22H26F4N4. The first-order chi connectivity index (χ1) is 14.3. The molecule has 2 heterocycles. The van der Waals surface area contributed by atoms with Crippen LogP contribution in [0.1, 0.15) is 57.1 Å². The Morgan fingerprint density at radius 2 is 2.03 bits per heavy atom. The number of hydrazone groups is 1. The van der Waals surface area contributed by atoms with Gasteiger partial charge in [0.15, 0.2) is 0 Å². The molecule has 1 saturated carbocycles. The van der Waals surface area contributed by atoms with E-state index < -0.39 is 17.6 Å². The third kappa shape index (κ3) is 3.45.